The van der Waals surface area contributed by atoms with E-state index in [9.17, 15) is 4.79 Å². The van der Waals surface area contributed by atoms with Gasteiger partial charge in [0.2, 0.25) is 0 Å². The standard InChI is InChI=1S/C13H16BrNO3/c14-11-3-1-10(2-4-11)8-15-5-6-18-9-12(15)7-13(16)17/h1-4,12H,5-9H2,(H,16,17). The van der Waals surface area contributed by atoms with Crippen LogP contribution in [0.25, 0.3) is 0 Å². The molecule has 1 atom stereocenters. The molecule has 1 aliphatic heterocycles. The van der Waals surface area contributed by atoms with Crippen molar-refractivity contribution in [2.45, 2.75) is 19.0 Å². The third-order valence-electron chi connectivity index (χ3n) is 3.06. The van der Waals surface area contributed by atoms with Gasteiger partial charge < -0.3 is 9.84 Å². The lowest BCUT2D eigenvalue weighted by molar-refractivity contribution is -0.140. The fraction of sp³-hybridized carbons (Fsp3) is 0.462. The maximum absolute atomic E-state index is 10.8. The second kappa shape index (κ2) is 6.31. The van der Waals surface area contributed by atoms with Crippen molar-refractivity contribution in [3.05, 3.63) is 34.3 Å². The fourth-order valence-electron chi connectivity index (χ4n) is 2.11. The molecule has 2 rings (SSSR count). The van der Waals surface area contributed by atoms with E-state index in [0.717, 1.165) is 17.6 Å². The van der Waals surface area contributed by atoms with Gasteiger partial charge in [0.05, 0.1) is 19.6 Å². The first kappa shape index (κ1) is 13.5. The summed E-state index contributed by atoms with van der Waals surface area (Å²) in [6.07, 6.45) is 0.135. The van der Waals surface area contributed by atoms with E-state index in [4.69, 9.17) is 9.84 Å². The second-order valence-electron chi connectivity index (χ2n) is 4.42. The molecule has 18 heavy (non-hydrogen) atoms. The minimum absolute atomic E-state index is 0.0279. The molecule has 98 valence electrons. The Morgan fingerprint density at radius 1 is 1.44 bits per heavy atom. The van der Waals surface area contributed by atoms with Crippen LogP contribution >= 0.6 is 15.9 Å². The van der Waals surface area contributed by atoms with Gasteiger partial charge in [0.1, 0.15) is 0 Å². The van der Waals surface area contributed by atoms with Crippen LogP contribution in [0.2, 0.25) is 0 Å². The van der Waals surface area contributed by atoms with E-state index in [-0.39, 0.29) is 12.5 Å². The molecule has 0 spiro atoms. The van der Waals surface area contributed by atoms with Crippen molar-refractivity contribution in [3.63, 3.8) is 0 Å². The zero-order valence-corrected chi connectivity index (χ0v) is 11.6. The van der Waals surface area contributed by atoms with E-state index in [1.54, 1.807) is 0 Å². The number of nitrogens with zero attached hydrogens (tertiary/aromatic N) is 1. The maximum Gasteiger partial charge on any atom is 0.305 e. The average Bonchev–Trinajstić information content (AvgIpc) is 2.34. The van der Waals surface area contributed by atoms with E-state index in [2.05, 4.69) is 33.0 Å². The largest absolute Gasteiger partial charge is 0.481 e. The van der Waals surface area contributed by atoms with Gasteiger partial charge >= 0.3 is 5.97 Å². The summed E-state index contributed by atoms with van der Waals surface area (Å²) in [6.45, 7) is 2.73. The number of carboxylic acid groups (broad SMARTS) is 1. The molecule has 0 amide bonds. The van der Waals surface area contributed by atoms with E-state index < -0.39 is 5.97 Å². The molecule has 1 heterocycles. The molecule has 1 N–H and O–H groups in total. The summed E-state index contributed by atoms with van der Waals surface area (Å²) < 4.78 is 6.41. The van der Waals surface area contributed by atoms with Crippen molar-refractivity contribution < 1.29 is 14.6 Å². The Bertz CT molecular complexity index is 407. The highest BCUT2D eigenvalue weighted by Gasteiger charge is 2.25. The van der Waals surface area contributed by atoms with Gasteiger partial charge in [-0.25, -0.2) is 0 Å². The summed E-state index contributed by atoms with van der Waals surface area (Å²) in [4.78, 5) is 13.0. The highest BCUT2D eigenvalue weighted by molar-refractivity contribution is 9.10. The van der Waals surface area contributed by atoms with Crippen molar-refractivity contribution in [3.8, 4) is 0 Å². The minimum Gasteiger partial charge on any atom is -0.481 e. The highest BCUT2D eigenvalue weighted by Crippen LogP contribution is 2.17. The number of carboxylic acids is 1. The molecule has 0 bridgehead atoms. The predicted octanol–water partition coefficient (Wildman–Crippen LogP) is 2.12. The van der Waals surface area contributed by atoms with Crippen LogP contribution in [0.4, 0.5) is 0 Å². The molecule has 1 aromatic carbocycles. The lowest BCUT2D eigenvalue weighted by Gasteiger charge is -2.34. The maximum atomic E-state index is 10.8. The monoisotopic (exact) mass is 313 g/mol. The number of aliphatic carboxylic acids is 1. The molecule has 0 aromatic heterocycles. The number of morpholine rings is 1. The Labute approximate surface area is 115 Å². The number of rotatable bonds is 4. The summed E-state index contributed by atoms with van der Waals surface area (Å²) in [5.41, 5.74) is 1.19. The lowest BCUT2D eigenvalue weighted by atomic mass is 10.1. The summed E-state index contributed by atoms with van der Waals surface area (Å²) in [5, 5.41) is 8.90. The Morgan fingerprint density at radius 2 is 2.17 bits per heavy atom. The lowest BCUT2D eigenvalue weighted by Crippen LogP contribution is -2.45. The minimum atomic E-state index is -0.772. The molecule has 0 radical (unpaired) electrons. The van der Waals surface area contributed by atoms with Crippen LogP contribution < -0.4 is 0 Å². The number of carbonyl (C=O) groups is 1. The predicted molar refractivity (Wildman–Crippen MR) is 71.4 cm³/mol. The van der Waals surface area contributed by atoms with Crippen LogP contribution in [0.5, 0.6) is 0 Å². The van der Waals surface area contributed by atoms with Gasteiger partial charge in [0.25, 0.3) is 0 Å². The second-order valence-corrected chi connectivity index (χ2v) is 5.34. The first-order valence-corrected chi connectivity index (χ1v) is 6.72. The van der Waals surface area contributed by atoms with Crippen LogP contribution in [-0.2, 0) is 16.1 Å². The van der Waals surface area contributed by atoms with Crippen molar-refractivity contribution in [1.82, 2.24) is 4.90 Å². The molecular weight excluding hydrogens is 298 g/mol. The molecule has 1 aromatic rings. The van der Waals surface area contributed by atoms with E-state index >= 15 is 0 Å². The Morgan fingerprint density at radius 3 is 2.83 bits per heavy atom. The molecule has 1 fully saturated rings. The summed E-state index contributed by atoms with van der Waals surface area (Å²) in [6, 6.07) is 8.08. The van der Waals surface area contributed by atoms with Crippen LogP contribution in [0.15, 0.2) is 28.7 Å². The Hall–Kier alpha value is -0.910. The zero-order valence-electron chi connectivity index (χ0n) is 10.0. The van der Waals surface area contributed by atoms with Gasteiger partial charge in [0, 0.05) is 23.6 Å². The molecule has 1 unspecified atom stereocenters. The molecule has 4 nitrogen and oxygen atoms in total. The van der Waals surface area contributed by atoms with Gasteiger partial charge in [0.15, 0.2) is 0 Å². The SMILES string of the molecule is O=C(O)CC1COCCN1Cc1ccc(Br)cc1. The number of ether oxygens (including phenoxy) is 1. The van der Waals surface area contributed by atoms with Crippen LogP contribution in [0.1, 0.15) is 12.0 Å². The molecule has 0 aliphatic carbocycles. The van der Waals surface area contributed by atoms with E-state index in [1.807, 2.05) is 12.1 Å². The van der Waals surface area contributed by atoms with Gasteiger partial charge in [-0.3, -0.25) is 9.69 Å². The molecule has 1 saturated heterocycles. The molecular formula is C13H16BrNO3. The first-order chi connectivity index (χ1) is 8.65. The Kier molecular flexibility index (Phi) is 4.74. The van der Waals surface area contributed by atoms with Crippen molar-refractivity contribution in [2.24, 2.45) is 0 Å². The Balaban J connectivity index is 2.00. The molecule has 5 heteroatoms. The van der Waals surface area contributed by atoms with E-state index in [1.165, 1.54) is 5.56 Å². The molecule has 1 aliphatic rings. The topological polar surface area (TPSA) is 49.8 Å². The first-order valence-electron chi connectivity index (χ1n) is 5.93. The normalized spacial score (nSPS) is 20.8. The highest BCUT2D eigenvalue weighted by atomic mass is 79.9. The number of halogens is 1. The van der Waals surface area contributed by atoms with Gasteiger partial charge in [-0.05, 0) is 17.7 Å². The number of benzene rings is 1. The number of hydrogen-bond acceptors (Lipinski definition) is 3. The van der Waals surface area contributed by atoms with Crippen molar-refractivity contribution in [1.29, 1.82) is 0 Å². The van der Waals surface area contributed by atoms with Gasteiger partial charge in [-0.2, -0.15) is 0 Å². The summed E-state index contributed by atoms with van der Waals surface area (Å²) in [7, 11) is 0. The third kappa shape index (κ3) is 3.80. The zero-order chi connectivity index (χ0) is 13.0. The van der Waals surface area contributed by atoms with Crippen molar-refractivity contribution in [2.75, 3.05) is 19.8 Å². The molecule has 0 saturated carbocycles. The smallest absolute Gasteiger partial charge is 0.305 e. The summed E-state index contributed by atoms with van der Waals surface area (Å²) >= 11 is 3.40. The van der Waals surface area contributed by atoms with Crippen molar-refractivity contribution >= 4 is 21.9 Å². The fourth-order valence-corrected chi connectivity index (χ4v) is 2.38. The average molecular weight is 314 g/mol. The van der Waals surface area contributed by atoms with E-state index in [0.29, 0.717) is 13.2 Å². The summed E-state index contributed by atoms with van der Waals surface area (Å²) in [5.74, 6) is -0.772. The number of hydrogen-bond donors (Lipinski definition) is 1. The quantitative estimate of drug-likeness (QED) is 0.925. The van der Waals surface area contributed by atoms with Gasteiger partial charge in [-0.1, -0.05) is 28.1 Å². The third-order valence-corrected chi connectivity index (χ3v) is 3.59. The van der Waals surface area contributed by atoms with Crippen LogP contribution in [-0.4, -0.2) is 41.8 Å². The van der Waals surface area contributed by atoms with Gasteiger partial charge in [-0.15, -0.1) is 0 Å². The van der Waals surface area contributed by atoms with Crippen LogP contribution in [0.3, 0.4) is 0 Å². The van der Waals surface area contributed by atoms with Crippen LogP contribution in [0, 0.1) is 0 Å².